The van der Waals surface area contributed by atoms with Gasteiger partial charge >= 0.3 is 5.97 Å². The minimum absolute atomic E-state index is 0.0835. The van der Waals surface area contributed by atoms with Crippen LogP contribution < -0.4 is 15.4 Å². The molecule has 4 fully saturated rings. The second-order valence-electron chi connectivity index (χ2n) is 26.9. The molecular formula is C67H83Cl2N7O14S. The molecule has 21 nitrogen and oxygen atoms in total. The van der Waals surface area contributed by atoms with Crippen molar-refractivity contribution in [1.82, 2.24) is 24.8 Å². The normalized spacial score (nSPS) is 30.9. The summed E-state index contributed by atoms with van der Waals surface area (Å²) >= 11 is 16.4. The number of aliphatic hydroxyl groups is 3. The third-order valence-corrected chi connectivity index (χ3v) is 21.8. The van der Waals surface area contributed by atoms with Crippen LogP contribution in [0.2, 0.25) is 0 Å². The second-order valence-corrected chi connectivity index (χ2v) is 28.0. The van der Waals surface area contributed by atoms with Gasteiger partial charge in [-0.25, -0.2) is 9.97 Å². The number of hydrogen-bond donors (Lipinski definition) is 9. The van der Waals surface area contributed by atoms with Crippen molar-refractivity contribution in [3.05, 3.63) is 110 Å². The monoisotopic (exact) mass is 1310 g/mol. The Morgan fingerprint density at radius 3 is 2.23 bits per heavy atom. The topological polar surface area (TPSA) is 324 Å². The van der Waals surface area contributed by atoms with Crippen LogP contribution in [0, 0.1) is 39.1 Å². The van der Waals surface area contributed by atoms with Gasteiger partial charge in [-0.3, -0.25) is 24.0 Å². The lowest BCUT2D eigenvalue weighted by Gasteiger charge is -2.58. The molecule has 6 aliphatic carbocycles. The van der Waals surface area contributed by atoms with Crippen LogP contribution in [0.1, 0.15) is 153 Å². The quantitative estimate of drug-likeness (QED) is 0.0433. The van der Waals surface area contributed by atoms with Crippen LogP contribution in [-0.4, -0.2) is 167 Å². The number of aromatic hydroxyl groups is 2. The molecule has 0 amide bonds. The first-order valence-corrected chi connectivity index (χ1v) is 32.6. The number of H-pyrrole nitrogens is 2. The van der Waals surface area contributed by atoms with E-state index >= 15 is 0 Å². The van der Waals surface area contributed by atoms with Crippen molar-refractivity contribution in [2.24, 2.45) is 40.2 Å². The van der Waals surface area contributed by atoms with Crippen LogP contribution in [-0.2, 0) is 42.3 Å². The maximum Gasteiger partial charge on any atom is 0.320 e. The molecule has 24 heteroatoms. The van der Waals surface area contributed by atoms with E-state index < -0.39 is 76.9 Å². The smallest absolute Gasteiger partial charge is 0.320 e. The van der Waals surface area contributed by atoms with Gasteiger partial charge in [-0.2, -0.15) is 0 Å². The number of halogens is 2. The number of aliphatic carboxylic acids is 1. The van der Waals surface area contributed by atoms with Crippen molar-refractivity contribution >= 4 is 81.4 Å². The van der Waals surface area contributed by atoms with Crippen LogP contribution in [0.4, 0.5) is 5.69 Å². The first-order chi connectivity index (χ1) is 43.0. The zero-order chi connectivity index (χ0) is 66.0. The number of fused-ring (bicyclic) bond motifs is 14. The highest BCUT2D eigenvalue weighted by Crippen LogP contribution is 2.67. The molecule has 14 atom stereocenters. The number of likely N-dealkylation sites (N-methyl/N-ethyl adjacent to an activating group) is 1. The number of imidazole rings is 1. The van der Waals surface area contributed by atoms with Crippen LogP contribution >= 0.6 is 35.4 Å². The number of ketones is 4. The van der Waals surface area contributed by atoms with Gasteiger partial charge in [-0.1, -0.05) is 43.8 Å². The molecule has 10 N–H and O–H groups in total. The minimum atomic E-state index is -1.50. The Labute approximate surface area is 543 Å². The number of nitrogens with two attached hydrogens (primary N) is 1. The lowest BCUT2D eigenvalue weighted by molar-refractivity contribution is -0.311. The van der Waals surface area contributed by atoms with Gasteiger partial charge in [0, 0.05) is 79.5 Å². The van der Waals surface area contributed by atoms with Crippen molar-refractivity contribution < 1.29 is 68.8 Å². The Kier molecular flexibility index (Phi) is 19.6. The molecule has 3 aromatic carbocycles. The number of carboxylic acid groups (broad SMARTS) is 1. The summed E-state index contributed by atoms with van der Waals surface area (Å²) in [5, 5.41) is 64.1. The Hall–Kier alpha value is -6.18. The number of carbonyl (C=O) groups excluding carboxylic acids is 4. The number of hydrogen-bond acceptors (Lipinski definition) is 19. The van der Waals surface area contributed by atoms with Crippen molar-refractivity contribution in [2.75, 3.05) is 51.0 Å². The molecule has 1 saturated heterocycles. The van der Waals surface area contributed by atoms with Crippen molar-refractivity contribution in [2.45, 2.75) is 153 Å². The van der Waals surface area contributed by atoms with Gasteiger partial charge in [0.05, 0.1) is 47.1 Å². The predicted molar refractivity (Wildman–Crippen MR) is 343 cm³/mol. The first-order valence-electron chi connectivity index (χ1n) is 31.1. The molecule has 5 aromatic rings. The van der Waals surface area contributed by atoms with E-state index in [0.717, 1.165) is 78.9 Å². The molecule has 91 heavy (non-hydrogen) atoms. The molecular weight excluding hydrogens is 1230 g/mol. The van der Waals surface area contributed by atoms with Gasteiger partial charge in [0.15, 0.2) is 21.9 Å². The second kappa shape index (κ2) is 26.3. The number of aromatic nitrogens is 4. The Bertz CT molecular complexity index is 3740. The SMILES string of the molecule is CC(=O)[C@H]1CC[C@H]2[C@@H]3CCC4=CC(=O)CC[C@]4(C)[C@H]3CC[C@]12C.CO[C@@H]1C[C@](C)(O)Cc2cc3c(c(O)c21)C(=O)c1c(O)cc2c(c1C3=O)O[C@@H]1O[C@@]2(C)[C@H](O)[C@@H](N(C)C)[C@@H]1O.N[C@@H](Cc1ccc(N(CCCl)CCCl)cc1)C(=O)O.S=c1nc[nH]c2nc[nH]c12. The summed E-state index contributed by atoms with van der Waals surface area (Å²) in [6, 6.07) is 8.67. The lowest BCUT2D eigenvalue weighted by atomic mass is 9.47. The molecule has 8 aliphatic rings. The van der Waals surface area contributed by atoms with Crippen molar-refractivity contribution in [1.29, 1.82) is 0 Å². The number of nitrogens with zero attached hydrogens (tertiary/aromatic N) is 4. The number of Topliss-reactive ketones (excluding diaryl/α,β-unsaturated/α-hetero) is 1. The Morgan fingerprint density at radius 1 is 0.901 bits per heavy atom. The predicted octanol–water partition coefficient (Wildman–Crippen LogP) is 8.54. The van der Waals surface area contributed by atoms with Crippen LogP contribution in [0.25, 0.3) is 11.2 Å². The van der Waals surface area contributed by atoms with Gasteiger partial charge < -0.3 is 70.4 Å². The summed E-state index contributed by atoms with van der Waals surface area (Å²) in [6.45, 7) is 11.3. The largest absolute Gasteiger partial charge is 0.507 e. The van der Waals surface area contributed by atoms with E-state index in [1.165, 1.54) is 56.8 Å². The number of aromatic amines is 2. The number of methoxy groups -OCH3 is 1. The number of carbonyl (C=O) groups is 5. The summed E-state index contributed by atoms with van der Waals surface area (Å²) < 4.78 is 18.0. The van der Waals surface area contributed by atoms with E-state index in [1.807, 2.05) is 30.3 Å². The lowest BCUT2D eigenvalue weighted by Crippen LogP contribution is -2.68. The zero-order valence-corrected chi connectivity index (χ0v) is 54.9. The molecule has 4 heterocycles. The molecule has 0 spiro atoms. The van der Waals surface area contributed by atoms with E-state index in [1.54, 1.807) is 46.1 Å². The van der Waals surface area contributed by atoms with Gasteiger partial charge in [0.2, 0.25) is 12.1 Å². The van der Waals surface area contributed by atoms with Crippen molar-refractivity contribution in [3.8, 4) is 17.2 Å². The van der Waals surface area contributed by atoms with E-state index in [4.69, 9.17) is 60.5 Å². The molecule has 0 radical (unpaired) electrons. The number of phenolic OH excluding ortho intramolecular Hbond substituents is 2. The standard InChI is InChI=1S/C28H31NO10.C21H30O2.C13H18Cl2N2O2.C5H4N4S/c1-27(36)8-10-6-11-16(21(32)15(10)14(9-27)37-5)22(33)17-13(30)7-12-24(18(17)20(11)31)38-26-23(34)19(29(3)4)25(35)28(12,2)39-26;1-13(22)17-6-7-18-16-5-4-14-12-15(23)8-10-20(14,2)19(16)9-11-21(17,18)3;14-5-7-17(8-6-15)11-3-1-10(2-4-11)9-12(16)13(18)19;10-5-3-4(7-1-6-3)8-2-9-5/h6-7,14,19,23,25-26,30,32,34-36H,8-9H2,1-5H3;12,16-19H,4-11H2,1-3H3;1-4,12H,5-9,16H2,(H,18,19);1-2H,(H2,6,7,8,9,10)/t14-,19+,23+,25-,26-,27-,28-;16-,17+,18-,19-,20-,21+;12-;/m100./s1. The summed E-state index contributed by atoms with van der Waals surface area (Å²) in [5.74, 6) is 0.825. The molecule has 2 bridgehead atoms. The van der Waals surface area contributed by atoms with E-state index in [-0.39, 0.29) is 57.2 Å². The number of rotatable bonds is 11. The molecule has 0 unspecified atom stereocenters. The summed E-state index contributed by atoms with van der Waals surface area (Å²) in [5.41, 5.74) is 8.19. The fourth-order valence-corrected chi connectivity index (χ4v) is 17.1. The van der Waals surface area contributed by atoms with E-state index in [2.05, 4.69) is 38.7 Å². The van der Waals surface area contributed by atoms with Gasteiger partial charge in [-0.05, 0) is 156 Å². The average molecular weight is 1310 g/mol. The molecule has 2 aromatic heterocycles. The minimum Gasteiger partial charge on any atom is -0.507 e. The van der Waals surface area contributed by atoms with E-state index in [0.29, 0.717) is 51.4 Å². The number of benzene rings is 3. The number of nitrogens with one attached hydrogen (secondary N) is 2. The van der Waals surface area contributed by atoms with Crippen LogP contribution in [0.3, 0.4) is 0 Å². The number of ether oxygens (including phenoxy) is 3. The zero-order valence-electron chi connectivity index (χ0n) is 52.6. The number of carboxylic acids is 1. The number of anilines is 1. The summed E-state index contributed by atoms with van der Waals surface area (Å²) in [6.07, 6.45) is 10.1. The molecule has 490 valence electrons. The molecule has 13 rings (SSSR count). The van der Waals surface area contributed by atoms with Gasteiger partial charge in [-0.15, -0.1) is 23.2 Å². The van der Waals surface area contributed by atoms with Crippen LogP contribution in [0.5, 0.6) is 17.2 Å². The Balaban J connectivity index is 0.000000148. The third-order valence-electron chi connectivity index (χ3n) is 21.1. The third kappa shape index (κ3) is 12.4. The fourth-order valence-electron chi connectivity index (χ4n) is 16.5. The first kappa shape index (κ1) is 67.7. The van der Waals surface area contributed by atoms with Crippen molar-refractivity contribution in [3.63, 3.8) is 0 Å². The highest BCUT2D eigenvalue weighted by atomic mass is 35.5. The highest BCUT2D eigenvalue weighted by Gasteiger charge is 2.61. The number of aliphatic hydroxyl groups excluding tert-OH is 2. The number of allylic oxidation sites excluding steroid dienone is 1. The highest BCUT2D eigenvalue weighted by molar-refractivity contribution is 7.71. The molecule has 2 aliphatic heterocycles. The average Bonchev–Trinajstić information content (AvgIpc) is 0.789. The maximum atomic E-state index is 14.1. The number of alkyl halides is 2. The molecule has 3 saturated carbocycles. The Morgan fingerprint density at radius 2 is 1.59 bits per heavy atom. The van der Waals surface area contributed by atoms with Gasteiger partial charge in [0.25, 0.3) is 0 Å². The maximum absolute atomic E-state index is 14.1. The number of phenols is 2. The summed E-state index contributed by atoms with van der Waals surface area (Å²) in [4.78, 5) is 79.9. The van der Waals surface area contributed by atoms with Gasteiger partial charge in [0.1, 0.15) is 52.4 Å². The fraction of sp³-hybridized carbons (Fsp3) is 0.552. The van der Waals surface area contributed by atoms with Crippen LogP contribution in [0.15, 0.2) is 60.7 Å². The summed E-state index contributed by atoms with van der Waals surface area (Å²) in [7, 11) is 4.80. The van der Waals surface area contributed by atoms with E-state index in [9.17, 15) is 49.5 Å².